The highest BCUT2D eigenvalue weighted by Crippen LogP contribution is 2.13. The Kier molecular flexibility index (Phi) is 19.6. The number of hydrogen-bond donors (Lipinski definition) is 0. The maximum Gasteiger partial charge on any atom is 0.305 e. The van der Waals surface area contributed by atoms with Gasteiger partial charge in [-0.3, -0.25) is 4.79 Å². The van der Waals surface area contributed by atoms with Gasteiger partial charge in [0.1, 0.15) is 12.7 Å². The maximum atomic E-state index is 12.1. The molecular formula is C27H56O4Si2. The van der Waals surface area contributed by atoms with Gasteiger partial charge in [-0.25, -0.2) is 0 Å². The molecule has 0 amide bonds. The Bertz CT molecular complexity index is 495. The van der Waals surface area contributed by atoms with E-state index >= 15 is 0 Å². The zero-order valence-electron chi connectivity index (χ0n) is 23.2. The van der Waals surface area contributed by atoms with Crippen LogP contribution in [0.15, 0.2) is 12.2 Å². The van der Waals surface area contributed by atoms with E-state index < -0.39 is 16.6 Å². The highest BCUT2D eigenvalue weighted by molar-refractivity contribution is 6.70. The molecule has 0 aliphatic carbocycles. The molecule has 0 aliphatic heterocycles. The normalized spacial score (nSPS) is 13.5. The van der Waals surface area contributed by atoms with E-state index in [0.717, 1.165) is 12.8 Å². The number of esters is 1. The highest BCUT2D eigenvalue weighted by Gasteiger charge is 2.25. The molecule has 0 heterocycles. The van der Waals surface area contributed by atoms with Gasteiger partial charge >= 0.3 is 5.97 Å². The van der Waals surface area contributed by atoms with Crippen LogP contribution in [0.2, 0.25) is 39.3 Å². The first-order valence-corrected chi connectivity index (χ1v) is 20.5. The summed E-state index contributed by atoms with van der Waals surface area (Å²) in [5, 5.41) is 0. The lowest BCUT2D eigenvalue weighted by atomic mass is 10.1. The van der Waals surface area contributed by atoms with Crippen LogP contribution in [0.3, 0.4) is 0 Å². The summed E-state index contributed by atoms with van der Waals surface area (Å²) in [5.74, 6) is -0.107. The fraction of sp³-hybridized carbons (Fsp3) is 0.889. The molecule has 33 heavy (non-hydrogen) atoms. The average molecular weight is 501 g/mol. The SMILES string of the molecule is CCCCCCCC/C=C\CCCCCCCC(=O)OCC(CO[Si](C)(C)C)O[Si](C)(C)C. The molecule has 0 saturated carbocycles. The van der Waals surface area contributed by atoms with Gasteiger partial charge in [0.25, 0.3) is 0 Å². The summed E-state index contributed by atoms with van der Waals surface area (Å²) in [6.45, 7) is 16.0. The number of carbonyl (C=O) groups excluding carboxylic acids is 1. The molecule has 0 aliphatic rings. The van der Waals surface area contributed by atoms with Crippen LogP contribution in [0.1, 0.15) is 96.8 Å². The number of rotatable bonds is 22. The smallest absolute Gasteiger partial charge is 0.305 e. The second kappa shape index (κ2) is 19.8. The first kappa shape index (κ1) is 32.6. The van der Waals surface area contributed by atoms with Crippen LogP contribution in [-0.4, -0.2) is 41.9 Å². The summed E-state index contributed by atoms with van der Waals surface area (Å²) < 4.78 is 17.7. The average Bonchev–Trinajstić information content (AvgIpc) is 2.71. The van der Waals surface area contributed by atoms with Gasteiger partial charge in [0.2, 0.25) is 0 Å². The lowest BCUT2D eigenvalue weighted by Gasteiger charge is -2.28. The van der Waals surface area contributed by atoms with Gasteiger partial charge in [0.05, 0.1) is 6.61 Å². The first-order chi connectivity index (χ1) is 15.5. The van der Waals surface area contributed by atoms with Crippen molar-refractivity contribution in [3.8, 4) is 0 Å². The Morgan fingerprint density at radius 3 is 1.73 bits per heavy atom. The van der Waals surface area contributed by atoms with Crippen LogP contribution >= 0.6 is 0 Å². The standard InChI is InChI=1S/C27H56O4Si2/c1-8-9-10-11-12-13-14-15-16-17-18-19-20-21-22-23-27(28)29-24-26(31-33(5,6)7)25-30-32(2,3)4/h15-16,26H,8-14,17-25H2,1-7H3/b16-15-. The van der Waals surface area contributed by atoms with Gasteiger partial charge in [-0.1, -0.05) is 70.4 Å². The topological polar surface area (TPSA) is 44.8 Å². The minimum absolute atomic E-state index is 0.107. The van der Waals surface area contributed by atoms with E-state index in [1.807, 2.05) is 0 Å². The molecule has 4 nitrogen and oxygen atoms in total. The summed E-state index contributed by atoms with van der Waals surface area (Å²) in [6, 6.07) is 0. The lowest BCUT2D eigenvalue weighted by Crippen LogP contribution is -2.40. The first-order valence-electron chi connectivity index (χ1n) is 13.7. The largest absolute Gasteiger partial charge is 0.463 e. The van der Waals surface area contributed by atoms with Gasteiger partial charge in [0, 0.05) is 6.42 Å². The minimum Gasteiger partial charge on any atom is -0.463 e. The molecule has 196 valence electrons. The van der Waals surface area contributed by atoms with E-state index in [-0.39, 0.29) is 12.1 Å². The summed E-state index contributed by atoms with van der Waals surface area (Å²) in [5.41, 5.74) is 0. The van der Waals surface area contributed by atoms with Gasteiger partial charge in [0.15, 0.2) is 16.6 Å². The zero-order valence-corrected chi connectivity index (χ0v) is 25.2. The zero-order chi connectivity index (χ0) is 25.0. The molecule has 0 saturated heterocycles. The van der Waals surface area contributed by atoms with Crippen LogP contribution in [0.25, 0.3) is 0 Å². The van der Waals surface area contributed by atoms with Gasteiger partial charge < -0.3 is 13.6 Å². The second-order valence-electron chi connectivity index (χ2n) is 11.3. The molecule has 0 N–H and O–H groups in total. The molecule has 0 aromatic rings. The Morgan fingerprint density at radius 2 is 1.21 bits per heavy atom. The summed E-state index contributed by atoms with van der Waals surface area (Å²) in [4.78, 5) is 12.1. The Labute approximate surface area is 208 Å². The fourth-order valence-corrected chi connectivity index (χ4v) is 5.38. The highest BCUT2D eigenvalue weighted by atomic mass is 28.4. The monoisotopic (exact) mass is 500 g/mol. The maximum absolute atomic E-state index is 12.1. The molecule has 0 aromatic carbocycles. The van der Waals surface area contributed by atoms with Crippen LogP contribution < -0.4 is 0 Å². The third-order valence-electron chi connectivity index (χ3n) is 5.30. The molecule has 0 bridgehead atoms. The molecular weight excluding hydrogens is 444 g/mol. The third-order valence-corrected chi connectivity index (χ3v) is 7.37. The molecule has 0 radical (unpaired) electrons. The number of ether oxygens (including phenoxy) is 1. The number of hydrogen-bond acceptors (Lipinski definition) is 4. The summed E-state index contributed by atoms with van der Waals surface area (Å²) >= 11 is 0. The number of carbonyl (C=O) groups is 1. The molecule has 0 spiro atoms. The van der Waals surface area contributed by atoms with Crippen molar-refractivity contribution in [2.45, 2.75) is 142 Å². The Hall–Kier alpha value is -0.436. The molecule has 0 aromatic heterocycles. The van der Waals surface area contributed by atoms with Crippen LogP contribution in [0.4, 0.5) is 0 Å². The summed E-state index contributed by atoms with van der Waals surface area (Å²) in [6.07, 6.45) is 21.5. The molecule has 0 rings (SSSR count). The Morgan fingerprint density at radius 1 is 0.697 bits per heavy atom. The molecule has 0 fully saturated rings. The van der Waals surface area contributed by atoms with Gasteiger partial charge in [-0.2, -0.15) is 0 Å². The van der Waals surface area contributed by atoms with Gasteiger partial charge in [-0.05, 0) is 71.4 Å². The van der Waals surface area contributed by atoms with Gasteiger partial charge in [-0.15, -0.1) is 0 Å². The van der Waals surface area contributed by atoms with E-state index in [2.05, 4.69) is 58.4 Å². The van der Waals surface area contributed by atoms with Crippen molar-refractivity contribution < 1.29 is 18.4 Å². The van der Waals surface area contributed by atoms with E-state index in [1.54, 1.807) is 0 Å². The van der Waals surface area contributed by atoms with Crippen LogP contribution in [0, 0.1) is 0 Å². The van der Waals surface area contributed by atoms with Crippen molar-refractivity contribution in [2.24, 2.45) is 0 Å². The lowest BCUT2D eigenvalue weighted by molar-refractivity contribution is -0.146. The van der Waals surface area contributed by atoms with E-state index in [9.17, 15) is 4.79 Å². The predicted molar refractivity (Wildman–Crippen MR) is 148 cm³/mol. The quantitative estimate of drug-likeness (QED) is 0.0645. The summed E-state index contributed by atoms with van der Waals surface area (Å²) in [7, 11) is -3.33. The van der Waals surface area contributed by atoms with Crippen molar-refractivity contribution in [3.63, 3.8) is 0 Å². The Balaban J connectivity index is 3.74. The van der Waals surface area contributed by atoms with E-state index in [1.165, 1.54) is 70.6 Å². The number of allylic oxidation sites excluding steroid dienone is 2. The molecule has 6 heteroatoms. The van der Waals surface area contributed by atoms with E-state index in [0.29, 0.717) is 19.6 Å². The predicted octanol–water partition coefficient (Wildman–Crippen LogP) is 8.64. The fourth-order valence-electron chi connectivity index (χ4n) is 3.56. The minimum atomic E-state index is -1.71. The van der Waals surface area contributed by atoms with Crippen molar-refractivity contribution in [1.82, 2.24) is 0 Å². The molecule has 1 unspecified atom stereocenters. The van der Waals surface area contributed by atoms with Crippen LogP contribution in [-0.2, 0) is 18.4 Å². The van der Waals surface area contributed by atoms with Crippen molar-refractivity contribution in [3.05, 3.63) is 12.2 Å². The van der Waals surface area contributed by atoms with Crippen molar-refractivity contribution in [2.75, 3.05) is 13.2 Å². The second-order valence-corrected chi connectivity index (χ2v) is 20.3. The molecule has 1 atom stereocenters. The third kappa shape index (κ3) is 26.0. The van der Waals surface area contributed by atoms with Crippen LogP contribution in [0.5, 0.6) is 0 Å². The van der Waals surface area contributed by atoms with Crippen molar-refractivity contribution in [1.29, 1.82) is 0 Å². The number of unbranched alkanes of at least 4 members (excludes halogenated alkanes) is 11. The van der Waals surface area contributed by atoms with Crippen molar-refractivity contribution >= 4 is 22.6 Å². The van der Waals surface area contributed by atoms with E-state index in [4.69, 9.17) is 13.6 Å².